The molecule has 0 aliphatic carbocycles. The Kier molecular flexibility index (Phi) is 5.36. The van der Waals surface area contributed by atoms with E-state index in [9.17, 15) is 4.79 Å². The number of anilines is 2. The Morgan fingerprint density at radius 2 is 1.95 bits per heavy atom. The zero-order valence-electron chi connectivity index (χ0n) is 13.1. The van der Waals surface area contributed by atoms with Gasteiger partial charge in [-0.05, 0) is 31.5 Å². The first-order valence-electron chi connectivity index (χ1n) is 7.21. The molecule has 0 unspecified atom stereocenters. The maximum absolute atomic E-state index is 11.2. The third-order valence-corrected chi connectivity index (χ3v) is 3.31. The summed E-state index contributed by atoms with van der Waals surface area (Å²) in [6, 6.07) is 14.4. The third kappa shape index (κ3) is 4.22. The molecule has 0 radical (unpaired) electrons. The van der Waals surface area contributed by atoms with Gasteiger partial charge in [-0.1, -0.05) is 30.3 Å². The van der Waals surface area contributed by atoms with Gasteiger partial charge in [0.25, 0.3) is 0 Å². The number of pyridine rings is 1. The fourth-order valence-electron chi connectivity index (χ4n) is 2.14. The number of carbonyl (C=O) groups excluding carboxylic acids is 1. The molecule has 0 spiro atoms. The van der Waals surface area contributed by atoms with E-state index >= 15 is 0 Å². The van der Waals surface area contributed by atoms with E-state index in [1.807, 2.05) is 24.3 Å². The van der Waals surface area contributed by atoms with Crippen molar-refractivity contribution in [2.45, 2.75) is 26.4 Å². The third-order valence-electron chi connectivity index (χ3n) is 3.31. The number of nitrogens with zero attached hydrogens (tertiary/aromatic N) is 2. The molecule has 116 valence electrons. The van der Waals surface area contributed by atoms with E-state index in [-0.39, 0.29) is 0 Å². The molecule has 0 atom stereocenters. The van der Waals surface area contributed by atoms with Crippen molar-refractivity contribution in [2.75, 3.05) is 17.3 Å². The number of ether oxygens (including phenoxy) is 1. The highest BCUT2D eigenvalue weighted by molar-refractivity contribution is 5.83. The van der Waals surface area contributed by atoms with Gasteiger partial charge in [-0.15, -0.1) is 0 Å². The van der Waals surface area contributed by atoms with Gasteiger partial charge in [0.1, 0.15) is 5.82 Å². The molecule has 2 rings (SSSR count). The molecule has 1 N–H and O–H groups in total. The van der Waals surface area contributed by atoms with E-state index in [0.717, 1.165) is 12.2 Å². The van der Waals surface area contributed by atoms with Crippen LogP contribution in [0.25, 0.3) is 0 Å². The van der Waals surface area contributed by atoms with Crippen LogP contribution in [0.2, 0.25) is 0 Å². The van der Waals surface area contributed by atoms with Crippen LogP contribution in [0, 0.1) is 0 Å². The van der Waals surface area contributed by atoms with Crippen molar-refractivity contribution in [3.63, 3.8) is 0 Å². The summed E-state index contributed by atoms with van der Waals surface area (Å²) in [7, 11) is 1.32. The van der Waals surface area contributed by atoms with E-state index in [1.165, 1.54) is 12.7 Å². The lowest BCUT2D eigenvalue weighted by molar-refractivity contribution is 0.187. The van der Waals surface area contributed by atoms with Gasteiger partial charge in [0.05, 0.1) is 19.0 Å². The molecule has 0 saturated heterocycles. The Hall–Kier alpha value is -2.56. The van der Waals surface area contributed by atoms with E-state index in [0.29, 0.717) is 11.9 Å². The summed E-state index contributed by atoms with van der Waals surface area (Å²) >= 11 is 0. The van der Waals surface area contributed by atoms with Crippen molar-refractivity contribution in [1.29, 1.82) is 0 Å². The predicted molar refractivity (Wildman–Crippen MR) is 88.0 cm³/mol. The fraction of sp³-hybridized carbons (Fsp3) is 0.294. The summed E-state index contributed by atoms with van der Waals surface area (Å²) in [5, 5.41) is 2.55. The largest absolute Gasteiger partial charge is 0.453 e. The Balaban J connectivity index is 2.13. The number of benzene rings is 1. The van der Waals surface area contributed by atoms with E-state index < -0.39 is 6.09 Å². The first-order chi connectivity index (χ1) is 10.6. The Morgan fingerprint density at radius 3 is 2.50 bits per heavy atom. The molecule has 1 heterocycles. The minimum Gasteiger partial charge on any atom is -0.453 e. The number of nitrogens with one attached hydrogen (secondary N) is 1. The molecular formula is C17H21N3O2. The van der Waals surface area contributed by atoms with Crippen LogP contribution >= 0.6 is 0 Å². The molecule has 5 nitrogen and oxygen atoms in total. The van der Waals surface area contributed by atoms with Gasteiger partial charge < -0.3 is 9.64 Å². The van der Waals surface area contributed by atoms with Crippen molar-refractivity contribution in [1.82, 2.24) is 4.98 Å². The summed E-state index contributed by atoms with van der Waals surface area (Å²) < 4.78 is 4.55. The second kappa shape index (κ2) is 7.45. The lowest BCUT2D eigenvalue weighted by Crippen LogP contribution is -2.30. The van der Waals surface area contributed by atoms with Gasteiger partial charge in [0, 0.05) is 12.6 Å². The lowest BCUT2D eigenvalue weighted by Gasteiger charge is -2.29. The number of hydrogen-bond donors (Lipinski definition) is 1. The SMILES string of the molecule is COC(=O)Nc1ccc(N(Cc2ccccc2)C(C)C)cn1. The summed E-state index contributed by atoms with van der Waals surface area (Å²) in [6.07, 6.45) is 1.24. The fourth-order valence-corrected chi connectivity index (χ4v) is 2.14. The van der Waals surface area contributed by atoms with Crippen molar-refractivity contribution in [3.05, 3.63) is 54.2 Å². The summed E-state index contributed by atoms with van der Waals surface area (Å²) in [6.45, 7) is 5.09. The number of rotatable bonds is 5. The van der Waals surface area contributed by atoms with Gasteiger partial charge in [-0.25, -0.2) is 9.78 Å². The lowest BCUT2D eigenvalue weighted by atomic mass is 10.1. The zero-order valence-corrected chi connectivity index (χ0v) is 13.1. The first-order valence-corrected chi connectivity index (χ1v) is 7.21. The van der Waals surface area contributed by atoms with E-state index in [4.69, 9.17) is 0 Å². The standard InChI is InChI=1S/C17H21N3O2/c1-13(2)20(12-14-7-5-4-6-8-14)15-9-10-16(18-11-15)19-17(21)22-3/h4-11,13H,12H2,1-3H3,(H,18,19,21). The minimum absolute atomic E-state index is 0.335. The summed E-state index contributed by atoms with van der Waals surface area (Å²) in [4.78, 5) is 17.7. The van der Waals surface area contributed by atoms with Crippen LogP contribution in [0.5, 0.6) is 0 Å². The van der Waals surface area contributed by atoms with Crippen molar-refractivity contribution >= 4 is 17.6 Å². The Morgan fingerprint density at radius 1 is 1.23 bits per heavy atom. The molecule has 1 aromatic heterocycles. The van der Waals surface area contributed by atoms with Gasteiger partial charge in [-0.2, -0.15) is 0 Å². The average molecular weight is 299 g/mol. The normalized spacial score (nSPS) is 10.4. The molecule has 22 heavy (non-hydrogen) atoms. The first kappa shape index (κ1) is 15.8. The van der Waals surface area contributed by atoms with Gasteiger partial charge >= 0.3 is 6.09 Å². The van der Waals surface area contributed by atoms with Crippen LogP contribution in [-0.2, 0) is 11.3 Å². The number of carbonyl (C=O) groups is 1. The monoisotopic (exact) mass is 299 g/mol. The van der Waals surface area contributed by atoms with Gasteiger partial charge in [-0.3, -0.25) is 5.32 Å². The maximum atomic E-state index is 11.2. The van der Waals surface area contributed by atoms with Crippen molar-refractivity contribution in [2.24, 2.45) is 0 Å². The quantitative estimate of drug-likeness (QED) is 0.915. The molecule has 0 saturated carbocycles. The topological polar surface area (TPSA) is 54.5 Å². The molecule has 0 bridgehead atoms. The zero-order chi connectivity index (χ0) is 15.9. The number of amides is 1. The highest BCUT2D eigenvalue weighted by Crippen LogP contribution is 2.20. The second-order valence-corrected chi connectivity index (χ2v) is 5.23. The summed E-state index contributed by atoms with van der Waals surface area (Å²) in [5.41, 5.74) is 2.25. The Bertz CT molecular complexity index is 597. The average Bonchev–Trinajstić information content (AvgIpc) is 2.54. The molecule has 0 fully saturated rings. The molecule has 0 aliphatic rings. The maximum Gasteiger partial charge on any atom is 0.412 e. The van der Waals surface area contributed by atoms with Gasteiger partial charge in [0.15, 0.2) is 0 Å². The molecular weight excluding hydrogens is 278 g/mol. The van der Waals surface area contributed by atoms with Crippen LogP contribution in [-0.4, -0.2) is 24.2 Å². The second-order valence-electron chi connectivity index (χ2n) is 5.23. The van der Waals surface area contributed by atoms with Crippen LogP contribution in [0.3, 0.4) is 0 Å². The highest BCUT2D eigenvalue weighted by atomic mass is 16.5. The minimum atomic E-state index is -0.523. The number of hydrogen-bond acceptors (Lipinski definition) is 4. The van der Waals surface area contributed by atoms with Crippen molar-refractivity contribution in [3.8, 4) is 0 Å². The smallest absolute Gasteiger partial charge is 0.412 e. The molecule has 5 heteroatoms. The van der Waals surface area contributed by atoms with Crippen LogP contribution in [0.1, 0.15) is 19.4 Å². The van der Waals surface area contributed by atoms with E-state index in [1.54, 1.807) is 12.3 Å². The highest BCUT2D eigenvalue weighted by Gasteiger charge is 2.12. The Labute approximate surface area is 130 Å². The van der Waals surface area contributed by atoms with Gasteiger partial charge in [0.2, 0.25) is 0 Å². The van der Waals surface area contributed by atoms with Crippen LogP contribution in [0.4, 0.5) is 16.3 Å². The van der Waals surface area contributed by atoms with Crippen LogP contribution < -0.4 is 10.2 Å². The molecule has 2 aromatic rings. The summed E-state index contributed by atoms with van der Waals surface area (Å²) in [5.74, 6) is 0.471. The number of aromatic nitrogens is 1. The number of methoxy groups -OCH3 is 1. The molecule has 1 amide bonds. The van der Waals surface area contributed by atoms with E-state index in [2.05, 4.69) is 45.9 Å². The van der Waals surface area contributed by atoms with Crippen molar-refractivity contribution < 1.29 is 9.53 Å². The molecule has 1 aromatic carbocycles. The van der Waals surface area contributed by atoms with Crippen LogP contribution in [0.15, 0.2) is 48.7 Å². The predicted octanol–water partition coefficient (Wildman–Crippen LogP) is 3.67. The molecule has 0 aliphatic heterocycles.